The number of nitrogens with zero attached hydrogens (tertiary/aromatic N) is 1. The van der Waals surface area contributed by atoms with Crippen molar-refractivity contribution in [3.05, 3.63) is 200 Å². The second kappa shape index (κ2) is 12.8. The summed E-state index contributed by atoms with van der Waals surface area (Å²) >= 11 is 0. The van der Waals surface area contributed by atoms with Crippen LogP contribution in [0, 0.1) is 0 Å². The van der Waals surface area contributed by atoms with Crippen LogP contribution in [-0.2, 0) is 0 Å². The molecule has 1 aromatic heterocycles. The second-order valence-electron chi connectivity index (χ2n) is 12.6. The maximum absolute atomic E-state index is 6.28. The minimum absolute atomic E-state index is 0.856. The zero-order valence-corrected chi connectivity index (χ0v) is 27.4. The molecule has 0 aliphatic carbocycles. The van der Waals surface area contributed by atoms with Gasteiger partial charge in [0.15, 0.2) is 0 Å². The van der Waals surface area contributed by atoms with Gasteiger partial charge in [0.25, 0.3) is 0 Å². The summed E-state index contributed by atoms with van der Waals surface area (Å²) < 4.78 is 6.28. The van der Waals surface area contributed by atoms with Crippen molar-refractivity contribution in [1.29, 1.82) is 0 Å². The van der Waals surface area contributed by atoms with Gasteiger partial charge in [-0.2, -0.15) is 0 Å². The first-order valence-corrected chi connectivity index (χ1v) is 17.0. The summed E-state index contributed by atoms with van der Waals surface area (Å²) in [6.07, 6.45) is 0. The van der Waals surface area contributed by atoms with Crippen molar-refractivity contribution in [2.45, 2.75) is 0 Å². The molecule has 0 saturated carbocycles. The number of benzene rings is 8. The minimum Gasteiger partial charge on any atom is -0.456 e. The van der Waals surface area contributed by atoms with Crippen molar-refractivity contribution in [1.82, 2.24) is 0 Å². The van der Waals surface area contributed by atoms with Crippen LogP contribution in [0.5, 0.6) is 0 Å². The topological polar surface area (TPSA) is 16.4 Å². The van der Waals surface area contributed by atoms with Crippen LogP contribution in [-0.4, -0.2) is 0 Å². The van der Waals surface area contributed by atoms with E-state index >= 15 is 0 Å². The Bertz CT molecular complexity index is 2530. The first kappa shape index (κ1) is 29.5. The van der Waals surface area contributed by atoms with E-state index in [-0.39, 0.29) is 0 Å². The molecule has 0 saturated heterocycles. The highest BCUT2D eigenvalue weighted by molar-refractivity contribution is 5.89. The number of hydrogen-bond donors (Lipinski definition) is 0. The molecule has 0 amide bonds. The molecule has 0 aliphatic rings. The third-order valence-corrected chi connectivity index (χ3v) is 9.47. The molecule has 0 bridgehead atoms. The zero-order chi connectivity index (χ0) is 33.3. The van der Waals surface area contributed by atoms with Gasteiger partial charge in [-0.05, 0) is 98.8 Å². The highest BCUT2D eigenvalue weighted by atomic mass is 16.3. The first-order chi connectivity index (χ1) is 24.7. The highest BCUT2D eigenvalue weighted by Gasteiger charge is 2.16. The number of anilines is 3. The fourth-order valence-electron chi connectivity index (χ4n) is 6.83. The molecule has 8 aromatic carbocycles. The molecule has 9 aromatic rings. The summed E-state index contributed by atoms with van der Waals surface area (Å²) in [7, 11) is 0. The smallest absolute Gasteiger partial charge is 0.135 e. The summed E-state index contributed by atoms with van der Waals surface area (Å²) in [6.45, 7) is 0. The molecule has 1 heterocycles. The molecule has 0 atom stereocenters. The monoisotopic (exact) mass is 639 g/mol. The van der Waals surface area contributed by atoms with Crippen molar-refractivity contribution in [2.75, 3.05) is 4.90 Å². The van der Waals surface area contributed by atoms with Crippen LogP contribution < -0.4 is 4.90 Å². The van der Waals surface area contributed by atoms with E-state index in [0.29, 0.717) is 0 Å². The van der Waals surface area contributed by atoms with Gasteiger partial charge in [-0.3, -0.25) is 0 Å². The fraction of sp³-hybridized carbons (Fsp3) is 0. The average molecular weight is 640 g/mol. The van der Waals surface area contributed by atoms with E-state index in [4.69, 9.17) is 4.42 Å². The number of hydrogen-bond acceptors (Lipinski definition) is 2. The van der Waals surface area contributed by atoms with E-state index in [1.165, 1.54) is 44.2 Å². The van der Waals surface area contributed by atoms with Crippen molar-refractivity contribution >= 4 is 38.8 Å². The molecule has 0 spiro atoms. The summed E-state index contributed by atoms with van der Waals surface area (Å²) in [5.41, 5.74) is 12.3. The van der Waals surface area contributed by atoms with E-state index < -0.39 is 0 Å². The van der Waals surface area contributed by atoms with Gasteiger partial charge in [-0.25, -0.2) is 0 Å². The number of rotatable bonds is 7. The summed E-state index contributed by atoms with van der Waals surface area (Å²) in [6, 6.07) is 71.1. The number of fused-ring (bicyclic) bond motifs is 2. The van der Waals surface area contributed by atoms with E-state index in [9.17, 15) is 0 Å². The molecular formula is C48H33NO. The SMILES string of the molecule is c1ccc(-c2ccc(-c3ccc(N(c4ccc(-c5ccc6ccccc6c5)cc4)c4cccc(-c5cc6ccccc6o5)c4)cc3)cc2)cc1. The largest absolute Gasteiger partial charge is 0.456 e. The van der Waals surface area contributed by atoms with Crippen LogP contribution in [0.4, 0.5) is 17.1 Å². The average Bonchev–Trinajstić information content (AvgIpc) is 3.64. The standard InChI is InChI=1S/C48H33NO/c1-2-9-34(10-3-1)36-17-19-37(20-18-36)38-23-27-44(28-24-38)49(46-15-8-14-42(32-46)48-33-43-13-6-7-16-47(43)50-48)45-29-25-39(26-30-45)41-22-21-35-11-4-5-12-40(35)31-41/h1-33H. The number of furan rings is 1. The molecule has 0 fully saturated rings. The molecule has 9 rings (SSSR count). The lowest BCUT2D eigenvalue weighted by molar-refractivity contribution is 0.631. The van der Waals surface area contributed by atoms with Crippen LogP contribution in [0.15, 0.2) is 205 Å². The Morgan fingerprint density at radius 1 is 0.280 bits per heavy atom. The lowest BCUT2D eigenvalue weighted by Gasteiger charge is -2.26. The van der Waals surface area contributed by atoms with Gasteiger partial charge < -0.3 is 9.32 Å². The minimum atomic E-state index is 0.856. The Hall–Kier alpha value is -6.64. The van der Waals surface area contributed by atoms with Gasteiger partial charge in [0.05, 0.1) is 0 Å². The lowest BCUT2D eigenvalue weighted by Crippen LogP contribution is -2.10. The maximum Gasteiger partial charge on any atom is 0.135 e. The fourth-order valence-corrected chi connectivity index (χ4v) is 6.83. The molecule has 0 unspecified atom stereocenters. The quantitative estimate of drug-likeness (QED) is 0.173. The molecule has 2 heteroatoms. The van der Waals surface area contributed by atoms with E-state index in [2.05, 4.69) is 187 Å². The summed E-state index contributed by atoms with van der Waals surface area (Å²) in [4.78, 5) is 2.32. The Labute approximate surface area is 292 Å². The van der Waals surface area contributed by atoms with Crippen molar-refractivity contribution in [3.63, 3.8) is 0 Å². The first-order valence-electron chi connectivity index (χ1n) is 17.0. The normalized spacial score (nSPS) is 11.2. The van der Waals surface area contributed by atoms with Gasteiger partial charge in [0, 0.05) is 28.0 Å². The Morgan fingerprint density at radius 2 is 0.780 bits per heavy atom. The van der Waals surface area contributed by atoms with Gasteiger partial charge in [0.2, 0.25) is 0 Å². The van der Waals surface area contributed by atoms with Crippen LogP contribution >= 0.6 is 0 Å². The van der Waals surface area contributed by atoms with Gasteiger partial charge in [-0.15, -0.1) is 0 Å². The predicted molar refractivity (Wildman–Crippen MR) is 210 cm³/mol. The molecule has 0 radical (unpaired) electrons. The molecular weight excluding hydrogens is 607 g/mol. The van der Waals surface area contributed by atoms with Crippen LogP contribution in [0.2, 0.25) is 0 Å². The highest BCUT2D eigenvalue weighted by Crippen LogP contribution is 2.39. The number of para-hydroxylation sites is 1. The lowest BCUT2D eigenvalue weighted by atomic mass is 9.99. The molecule has 0 aliphatic heterocycles. The molecule has 0 N–H and O–H groups in total. The Balaban J connectivity index is 1.08. The zero-order valence-electron chi connectivity index (χ0n) is 27.4. The van der Waals surface area contributed by atoms with Crippen LogP contribution in [0.3, 0.4) is 0 Å². The van der Waals surface area contributed by atoms with Crippen LogP contribution in [0.25, 0.3) is 66.4 Å². The van der Waals surface area contributed by atoms with E-state index in [0.717, 1.165) is 39.4 Å². The Kier molecular flexibility index (Phi) is 7.53. The van der Waals surface area contributed by atoms with Gasteiger partial charge in [0.1, 0.15) is 11.3 Å². The maximum atomic E-state index is 6.28. The van der Waals surface area contributed by atoms with Gasteiger partial charge in [-0.1, -0.05) is 146 Å². The third kappa shape index (κ3) is 5.74. The Morgan fingerprint density at radius 3 is 1.44 bits per heavy atom. The van der Waals surface area contributed by atoms with Gasteiger partial charge >= 0.3 is 0 Å². The van der Waals surface area contributed by atoms with Crippen molar-refractivity contribution in [3.8, 4) is 44.7 Å². The third-order valence-electron chi connectivity index (χ3n) is 9.47. The van der Waals surface area contributed by atoms with Crippen molar-refractivity contribution < 1.29 is 4.42 Å². The van der Waals surface area contributed by atoms with Crippen molar-refractivity contribution in [2.24, 2.45) is 0 Å². The second-order valence-corrected chi connectivity index (χ2v) is 12.6. The molecule has 50 heavy (non-hydrogen) atoms. The predicted octanol–water partition coefficient (Wildman–Crippen LogP) is 13.7. The summed E-state index contributed by atoms with van der Waals surface area (Å²) in [5, 5.41) is 3.59. The molecule has 2 nitrogen and oxygen atoms in total. The summed E-state index contributed by atoms with van der Waals surface area (Å²) in [5.74, 6) is 0.856. The van der Waals surface area contributed by atoms with Crippen LogP contribution in [0.1, 0.15) is 0 Å². The molecule has 236 valence electrons. The van der Waals surface area contributed by atoms with E-state index in [1.807, 2.05) is 18.2 Å². The van der Waals surface area contributed by atoms with E-state index in [1.54, 1.807) is 0 Å².